The molecule has 25 heavy (non-hydrogen) atoms. The average Bonchev–Trinajstić information content (AvgIpc) is 2.61. The van der Waals surface area contributed by atoms with Gasteiger partial charge in [-0.1, -0.05) is 6.07 Å². The van der Waals surface area contributed by atoms with Gasteiger partial charge in [0.05, 0.1) is 18.1 Å². The number of hydrogen-bond donors (Lipinski definition) is 2. The normalized spacial score (nSPS) is 10.3. The summed E-state index contributed by atoms with van der Waals surface area (Å²) in [5.74, 6) is -0.835. The van der Waals surface area contributed by atoms with Gasteiger partial charge in [0.1, 0.15) is 12.1 Å². The molecule has 6 nitrogen and oxygen atoms in total. The molecule has 0 aliphatic carbocycles. The molecule has 0 saturated heterocycles. The van der Waals surface area contributed by atoms with E-state index in [1.54, 1.807) is 54.7 Å². The molecule has 0 aliphatic heterocycles. The number of nitrogen functional groups attached to an aromatic ring is 1. The molecule has 0 aliphatic rings. The van der Waals surface area contributed by atoms with Crippen LogP contribution in [0.2, 0.25) is 0 Å². The summed E-state index contributed by atoms with van der Waals surface area (Å²) in [5.41, 5.74) is 8.15. The molecule has 1 heterocycles. The van der Waals surface area contributed by atoms with Gasteiger partial charge in [0, 0.05) is 29.7 Å². The van der Waals surface area contributed by atoms with E-state index in [0.717, 1.165) is 0 Å². The second kappa shape index (κ2) is 6.96. The van der Waals surface area contributed by atoms with E-state index in [0.29, 0.717) is 28.3 Å². The van der Waals surface area contributed by atoms with Crippen LogP contribution >= 0.6 is 0 Å². The largest absolute Gasteiger partial charge is 0.399 e. The zero-order chi connectivity index (χ0) is 17.8. The molecule has 0 radical (unpaired) electrons. The van der Waals surface area contributed by atoms with Crippen molar-refractivity contribution < 1.29 is 9.18 Å². The van der Waals surface area contributed by atoms with Gasteiger partial charge in [0.2, 0.25) is 0 Å². The smallest absolute Gasteiger partial charge is 0.255 e. The van der Waals surface area contributed by atoms with Gasteiger partial charge in [0.25, 0.3) is 5.91 Å². The summed E-state index contributed by atoms with van der Waals surface area (Å²) < 4.78 is 14.0. The molecule has 0 fully saturated rings. The van der Waals surface area contributed by atoms with Crippen LogP contribution in [0.5, 0.6) is 0 Å². The fourth-order valence-electron chi connectivity index (χ4n) is 2.34. The van der Waals surface area contributed by atoms with Crippen molar-refractivity contribution in [2.45, 2.75) is 0 Å². The molecule has 2 aromatic carbocycles. The third kappa shape index (κ3) is 3.89. The van der Waals surface area contributed by atoms with E-state index in [1.807, 2.05) is 0 Å². The Kier molecular flexibility index (Phi) is 4.56. The highest BCUT2D eigenvalue weighted by molar-refractivity contribution is 6.05. The van der Waals surface area contributed by atoms with E-state index >= 15 is 0 Å². The zero-order valence-corrected chi connectivity index (χ0v) is 13.5. The number of benzene rings is 2. The Morgan fingerprint density at radius 3 is 2.60 bits per heavy atom. The van der Waals surface area contributed by atoms with Gasteiger partial charge in [-0.3, -0.25) is 4.79 Å². The number of nitrogens with two attached hydrogens (primary N) is 1. The molecular weight excluding hydrogens is 321 g/mol. The maximum Gasteiger partial charge on any atom is 0.255 e. The molecule has 0 spiro atoms. The predicted molar refractivity (Wildman–Crippen MR) is 95.3 cm³/mol. The number of nitrogens with one attached hydrogen (secondary N) is 1. The van der Waals surface area contributed by atoms with Gasteiger partial charge in [-0.25, -0.2) is 14.4 Å². The molecule has 1 aromatic heterocycles. The fourth-order valence-corrected chi connectivity index (χ4v) is 2.34. The van der Waals surface area contributed by atoms with Gasteiger partial charge in [0.15, 0.2) is 0 Å². The van der Waals surface area contributed by atoms with Crippen LogP contribution in [-0.2, 0) is 0 Å². The molecule has 0 bridgehead atoms. The lowest BCUT2D eigenvalue weighted by atomic mass is 10.2. The highest BCUT2D eigenvalue weighted by Gasteiger charge is 2.11. The van der Waals surface area contributed by atoms with Crippen LogP contribution < -0.4 is 16.0 Å². The summed E-state index contributed by atoms with van der Waals surface area (Å²) in [6, 6.07) is 10.9. The van der Waals surface area contributed by atoms with Crippen LogP contribution in [0.4, 0.5) is 27.1 Å². The van der Waals surface area contributed by atoms with E-state index in [9.17, 15) is 9.18 Å². The first kappa shape index (κ1) is 16.4. The third-order valence-electron chi connectivity index (χ3n) is 3.61. The lowest BCUT2D eigenvalue weighted by Gasteiger charge is -2.19. The van der Waals surface area contributed by atoms with Crippen LogP contribution in [0.1, 0.15) is 10.4 Å². The van der Waals surface area contributed by atoms with Crippen LogP contribution in [0.3, 0.4) is 0 Å². The minimum atomic E-state index is -0.468. The van der Waals surface area contributed by atoms with Crippen molar-refractivity contribution in [2.75, 3.05) is 23.0 Å². The number of amides is 1. The standard InChI is InChI=1S/C18H16FN5O/c1-24(17-9-21-11-22-10-17)16-7-13(19)6-15(8-16)23-18(25)12-3-2-4-14(20)5-12/h2-11H,20H2,1H3,(H,23,25). The summed E-state index contributed by atoms with van der Waals surface area (Å²) in [7, 11) is 1.76. The molecule has 1 amide bonds. The monoisotopic (exact) mass is 337 g/mol. The van der Waals surface area contributed by atoms with Crippen molar-refractivity contribution in [3.05, 3.63) is 72.6 Å². The lowest BCUT2D eigenvalue weighted by molar-refractivity contribution is 0.102. The number of aromatic nitrogens is 2. The highest BCUT2D eigenvalue weighted by atomic mass is 19.1. The SMILES string of the molecule is CN(c1cncnc1)c1cc(F)cc(NC(=O)c2cccc(N)c2)c1. The van der Waals surface area contributed by atoms with Crippen molar-refractivity contribution in [1.29, 1.82) is 0 Å². The van der Waals surface area contributed by atoms with Crippen molar-refractivity contribution in [2.24, 2.45) is 0 Å². The Hall–Kier alpha value is -3.48. The lowest BCUT2D eigenvalue weighted by Crippen LogP contribution is -2.14. The molecule has 3 rings (SSSR count). The minimum absolute atomic E-state index is 0.339. The van der Waals surface area contributed by atoms with Crippen LogP contribution in [0.15, 0.2) is 61.2 Å². The fraction of sp³-hybridized carbons (Fsp3) is 0.0556. The van der Waals surface area contributed by atoms with Crippen LogP contribution in [0, 0.1) is 5.82 Å². The van der Waals surface area contributed by atoms with Crippen LogP contribution in [0.25, 0.3) is 0 Å². The summed E-state index contributed by atoms with van der Waals surface area (Å²) in [6.07, 6.45) is 4.64. The maximum absolute atomic E-state index is 14.0. The molecule has 3 N–H and O–H groups in total. The van der Waals surface area contributed by atoms with E-state index in [1.165, 1.54) is 18.5 Å². The molecule has 3 aromatic rings. The van der Waals surface area contributed by atoms with Crippen molar-refractivity contribution in [3.8, 4) is 0 Å². The number of rotatable bonds is 4. The summed E-state index contributed by atoms with van der Waals surface area (Å²) in [5, 5.41) is 2.68. The second-order valence-corrected chi connectivity index (χ2v) is 5.43. The molecular formula is C18H16FN5O. The van der Waals surface area contributed by atoms with E-state index in [-0.39, 0.29) is 5.91 Å². The van der Waals surface area contributed by atoms with Gasteiger partial charge in [-0.2, -0.15) is 0 Å². The van der Waals surface area contributed by atoms with Crippen molar-refractivity contribution in [1.82, 2.24) is 9.97 Å². The Morgan fingerprint density at radius 2 is 1.88 bits per heavy atom. The van der Waals surface area contributed by atoms with Crippen molar-refractivity contribution >= 4 is 28.7 Å². The summed E-state index contributed by atoms with van der Waals surface area (Å²) >= 11 is 0. The van der Waals surface area contributed by atoms with Gasteiger partial charge < -0.3 is 16.0 Å². The summed E-state index contributed by atoms with van der Waals surface area (Å²) in [4.78, 5) is 21.9. The van der Waals surface area contributed by atoms with E-state index in [2.05, 4.69) is 15.3 Å². The maximum atomic E-state index is 14.0. The predicted octanol–water partition coefficient (Wildman–Crippen LogP) is 3.22. The minimum Gasteiger partial charge on any atom is -0.399 e. The zero-order valence-electron chi connectivity index (χ0n) is 13.5. The quantitative estimate of drug-likeness (QED) is 0.714. The number of carbonyl (C=O) groups is 1. The van der Waals surface area contributed by atoms with Gasteiger partial charge >= 0.3 is 0 Å². The van der Waals surface area contributed by atoms with Gasteiger partial charge in [-0.05, 0) is 36.4 Å². The number of anilines is 4. The Morgan fingerprint density at radius 1 is 1.12 bits per heavy atom. The summed E-state index contributed by atoms with van der Waals surface area (Å²) in [6.45, 7) is 0. The Bertz CT molecular complexity index is 901. The average molecular weight is 337 g/mol. The highest BCUT2D eigenvalue weighted by Crippen LogP contribution is 2.26. The Labute approximate surface area is 144 Å². The first-order chi connectivity index (χ1) is 12.0. The number of halogens is 1. The van der Waals surface area contributed by atoms with Crippen molar-refractivity contribution in [3.63, 3.8) is 0 Å². The van der Waals surface area contributed by atoms with E-state index in [4.69, 9.17) is 5.73 Å². The molecule has 7 heteroatoms. The third-order valence-corrected chi connectivity index (χ3v) is 3.61. The Balaban J connectivity index is 1.85. The van der Waals surface area contributed by atoms with Crippen LogP contribution in [-0.4, -0.2) is 22.9 Å². The van der Waals surface area contributed by atoms with E-state index < -0.39 is 5.82 Å². The molecule has 0 unspecified atom stereocenters. The number of nitrogens with zero attached hydrogens (tertiary/aromatic N) is 3. The molecule has 0 atom stereocenters. The first-order valence-corrected chi connectivity index (χ1v) is 7.49. The topological polar surface area (TPSA) is 84.1 Å². The number of hydrogen-bond acceptors (Lipinski definition) is 5. The second-order valence-electron chi connectivity index (χ2n) is 5.43. The number of carbonyl (C=O) groups excluding carboxylic acids is 1. The molecule has 0 saturated carbocycles. The first-order valence-electron chi connectivity index (χ1n) is 7.49. The van der Waals surface area contributed by atoms with Gasteiger partial charge in [-0.15, -0.1) is 0 Å². The molecule has 126 valence electrons.